The van der Waals surface area contributed by atoms with Crippen LogP contribution in [0.3, 0.4) is 0 Å². The summed E-state index contributed by atoms with van der Waals surface area (Å²) in [4.78, 5) is 12.8. The van der Waals surface area contributed by atoms with Gasteiger partial charge in [0.15, 0.2) is 0 Å². The second-order valence-corrected chi connectivity index (χ2v) is 6.45. The van der Waals surface area contributed by atoms with Crippen LogP contribution in [0.4, 0.5) is 0 Å². The van der Waals surface area contributed by atoms with E-state index in [4.69, 9.17) is 9.15 Å². The van der Waals surface area contributed by atoms with Gasteiger partial charge in [-0.15, -0.1) is 0 Å². The van der Waals surface area contributed by atoms with Gasteiger partial charge in [0.25, 0.3) is 0 Å². The maximum atomic E-state index is 12.8. The van der Waals surface area contributed by atoms with Gasteiger partial charge in [-0.05, 0) is 43.7 Å². The third kappa shape index (κ3) is 2.36. The summed E-state index contributed by atoms with van der Waals surface area (Å²) < 4.78 is 11.6. The van der Waals surface area contributed by atoms with E-state index >= 15 is 0 Å². The van der Waals surface area contributed by atoms with Gasteiger partial charge in [0.05, 0.1) is 10.9 Å². The Balaban J connectivity index is 1.91. The molecule has 4 nitrogen and oxygen atoms in total. The van der Waals surface area contributed by atoms with E-state index in [0.29, 0.717) is 27.8 Å². The minimum atomic E-state index is -0.382. The summed E-state index contributed by atoms with van der Waals surface area (Å²) in [7, 11) is 0. The lowest BCUT2D eigenvalue weighted by atomic mass is 9.99. The molecule has 1 aliphatic rings. The molecular weight excluding hydrogens is 304 g/mol. The quantitative estimate of drug-likeness (QED) is 0.724. The van der Waals surface area contributed by atoms with Gasteiger partial charge in [-0.2, -0.15) is 0 Å². The third-order valence-corrected chi connectivity index (χ3v) is 4.12. The lowest BCUT2D eigenvalue weighted by molar-refractivity contribution is 0.159. The molecule has 0 fully saturated rings. The first-order chi connectivity index (χ1) is 11.4. The Hall–Kier alpha value is -3.01. The number of benzene rings is 2. The van der Waals surface area contributed by atoms with Crippen molar-refractivity contribution in [3.8, 4) is 22.6 Å². The minimum Gasteiger partial charge on any atom is -0.508 e. The third-order valence-electron chi connectivity index (χ3n) is 4.12. The summed E-state index contributed by atoms with van der Waals surface area (Å²) in [5.41, 5.74) is 2.03. The summed E-state index contributed by atoms with van der Waals surface area (Å²) in [6.07, 6.45) is 5.38. The molecule has 4 heteroatoms. The number of hydrogen-bond acceptors (Lipinski definition) is 4. The maximum Gasteiger partial charge on any atom is 0.200 e. The summed E-state index contributed by atoms with van der Waals surface area (Å²) in [5, 5.41) is 9.90. The first-order valence-corrected chi connectivity index (χ1v) is 7.70. The molecule has 0 atom stereocenters. The Labute approximate surface area is 138 Å². The highest BCUT2D eigenvalue weighted by atomic mass is 16.5. The smallest absolute Gasteiger partial charge is 0.200 e. The molecule has 2 heterocycles. The topological polar surface area (TPSA) is 59.7 Å². The minimum absolute atomic E-state index is 0.108. The van der Waals surface area contributed by atoms with Gasteiger partial charge in [0, 0.05) is 11.6 Å². The molecule has 0 bridgehead atoms. The highest BCUT2D eigenvalue weighted by molar-refractivity contribution is 5.86. The number of hydrogen-bond donors (Lipinski definition) is 1. The van der Waals surface area contributed by atoms with Crippen molar-refractivity contribution in [2.45, 2.75) is 19.4 Å². The van der Waals surface area contributed by atoms with E-state index in [2.05, 4.69) is 0 Å². The highest BCUT2D eigenvalue weighted by Gasteiger charge is 2.23. The molecule has 24 heavy (non-hydrogen) atoms. The van der Waals surface area contributed by atoms with Crippen molar-refractivity contribution in [2.75, 3.05) is 0 Å². The number of phenolic OH excluding ortho intramolecular Hbond substituents is 1. The Morgan fingerprint density at radius 1 is 1.08 bits per heavy atom. The van der Waals surface area contributed by atoms with Gasteiger partial charge in [0.2, 0.25) is 5.43 Å². The molecule has 0 radical (unpaired) electrons. The number of phenols is 1. The van der Waals surface area contributed by atoms with Crippen LogP contribution >= 0.6 is 0 Å². The number of aromatic hydroxyl groups is 1. The second kappa shape index (κ2) is 4.99. The normalized spacial score (nSPS) is 15.1. The van der Waals surface area contributed by atoms with E-state index in [-0.39, 0.29) is 16.8 Å². The summed E-state index contributed by atoms with van der Waals surface area (Å²) in [6, 6.07) is 10.0. The number of rotatable bonds is 1. The Kier molecular flexibility index (Phi) is 3.03. The first kappa shape index (κ1) is 14.6. The van der Waals surface area contributed by atoms with E-state index in [1.807, 2.05) is 26.0 Å². The van der Waals surface area contributed by atoms with Gasteiger partial charge in [-0.3, -0.25) is 4.79 Å². The van der Waals surface area contributed by atoms with Crippen LogP contribution in [0.1, 0.15) is 19.4 Å². The van der Waals surface area contributed by atoms with Gasteiger partial charge >= 0.3 is 0 Å². The van der Waals surface area contributed by atoms with Crippen LogP contribution in [0.15, 0.2) is 57.9 Å². The lowest BCUT2D eigenvalue weighted by Gasteiger charge is -2.27. The highest BCUT2D eigenvalue weighted by Crippen LogP contribution is 2.34. The molecule has 1 aromatic heterocycles. The van der Waals surface area contributed by atoms with Crippen molar-refractivity contribution in [1.29, 1.82) is 0 Å². The Morgan fingerprint density at radius 2 is 1.83 bits per heavy atom. The zero-order valence-corrected chi connectivity index (χ0v) is 13.4. The van der Waals surface area contributed by atoms with Crippen LogP contribution in [-0.2, 0) is 0 Å². The molecule has 0 aliphatic carbocycles. The van der Waals surface area contributed by atoms with E-state index in [0.717, 1.165) is 5.56 Å². The van der Waals surface area contributed by atoms with E-state index in [1.165, 1.54) is 6.26 Å². The molecule has 3 aromatic rings. The Morgan fingerprint density at radius 3 is 2.58 bits per heavy atom. The zero-order chi connectivity index (χ0) is 16.9. The lowest BCUT2D eigenvalue weighted by Crippen LogP contribution is -2.27. The van der Waals surface area contributed by atoms with Crippen molar-refractivity contribution in [3.63, 3.8) is 0 Å². The average Bonchev–Trinajstić information content (AvgIpc) is 2.54. The van der Waals surface area contributed by atoms with E-state index in [1.54, 1.807) is 36.4 Å². The SMILES string of the molecule is CC1(C)C=Cc2cc3c(=O)c(-c4ccc(O)cc4)coc3cc2O1. The summed E-state index contributed by atoms with van der Waals surface area (Å²) >= 11 is 0. The molecule has 1 aliphatic heterocycles. The summed E-state index contributed by atoms with van der Waals surface area (Å²) in [5.74, 6) is 0.860. The largest absolute Gasteiger partial charge is 0.508 e. The Bertz CT molecular complexity index is 1020. The molecule has 0 saturated heterocycles. The van der Waals surface area contributed by atoms with Crippen LogP contribution in [0.2, 0.25) is 0 Å². The number of ether oxygens (including phenoxy) is 1. The zero-order valence-electron chi connectivity index (χ0n) is 13.4. The number of fused-ring (bicyclic) bond motifs is 2. The predicted octanol–water partition coefficient (Wildman–Crippen LogP) is 4.35. The van der Waals surface area contributed by atoms with Gasteiger partial charge in [-0.25, -0.2) is 0 Å². The molecule has 1 N–H and O–H groups in total. The summed E-state index contributed by atoms with van der Waals surface area (Å²) in [6.45, 7) is 3.95. The van der Waals surface area contributed by atoms with E-state index < -0.39 is 0 Å². The van der Waals surface area contributed by atoms with Gasteiger partial charge < -0.3 is 14.3 Å². The molecule has 0 unspecified atom stereocenters. The second-order valence-electron chi connectivity index (χ2n) is 6.45. The molecule has 0 saturated carbocycles. The van der Waals surface area contributed by atoms with Crippen molar-refractivity contribution in [1.82, 2.24) is 0 Å². The average molecular weight is 320 g/mol. The van der Waals surface area contributed by atoms with Crippen molar-refractivity contribution in [3.05, 3.63) is 64.5 Å². The monoisotopic (exact) mass is 320 g/mol. The standard InChI is InChI=1S/C20H16O4/c1-20(2)8-7-13-9-15-18(10-17(13)24-20)23-11-16(19(15)22)12-3-5-14(21)6-4-12/h3-11,21H,1-2H3. The van der Waals surface area contributed by atoms with Crippen LogP contribution in [0, 0.1) is 0 Å². The van der Waals surface area contributed by atoms with Crippen molar-refractivity contribution >= 4 is 17.0 Å². The van der Waals surface area contributed by atoms with Crippen LogP contribution in [0.5, 0.6) is 11.5 Å². The van der Waals surface area contributed by atoms with Crippen molar-refractivity contribution in [2.24, 2.45) is 0 Å². The molecular formula is C20H16O4. The van der Waals surface area contributed by atoms with Crippen LogP contribution in [0.25, 0.3) is 28.2 Å². The first-order valence-electron chi connectivity index (χ1n) is 7.70. The van der Waals surface area contributed by atoms with E-state index in [9.17, 15) is 9.90 Å². The molecule has 2 aromatic carbocycles. The fourth-order valence-electron chi connectivity index (χ4n) is 2.84. The van der Waals surface area contributed by atoms with Crippen molar-refractivity contribution < 1.29 is 14.3 Å². The fourth-order valence-corrected chi connectivity index (χ4v) is 2.84. The molecule has 120 valence electrons. The molecule has 4 rings (SSSR count). The van der Waals surface area contributed by atoms with Crippen LogP contribution < -0.4 is 10.2 Å². The van der Waals surface area contributed by atoms with Crippen LogP contribution in [-0.4, -0.2) is 10.7 Å². The van der Waals surface area contributed by atoms with Gasteiger partial charge in [-0.1, -0.05) is 18.2 Å². The fraction of sp³-hybridized carbons (Fsp3) is 0.150. The predicted molar refractivity (Wildman–Crippen MR) is 93.3 cm³/mol. The maximum absolute atomic E-state index is 12.8. The van der Waals surface area contributed by atoms with Gasteiger partial charge in [0.1, 0.15) is 28.9 Å². The molecule has 0 amide bonds. The molecule has 0 spiro atoms.